The van der Waals surface area contributed by atoms with Crippen molar-refractivity contribution >= 4 is 26.0 Å². The summed E-state index contributed by atoms with van der Waals surface area (Å²) in [6.07, 6.45) is 2.42. The molecule has 1 unspecified atom stereocenters. The smallest absolute Gasteiger partial charge is 0.247 e. The number of nitrogens with one attached hydrogen (secondary N) is 1. The van der Waals surface area contributed by atoms with E-state index in [1.165, 1.54) is 0 Å². The summed E-state index contributed by atoms with van der Waals surface area (Å²) in [5, 5.41) is 3.25. The Hall–Kier alpha value is -0.630. The first-order valence-corrected chi connectivity index (χ1v) is 9.95. The summed E-state index contributed by atoms with van der Waals surface area (Å²) in [4.78, 5) is 0.301. The van der Waals surface area contributed by atoms with Gasteiger partial charge in [-0.05, 0) is 31.5 Å². The van der Waals surface area contributed by atoms with E-state index in [1.54, 1.807) is 10.4 Å². The van der Waals surface area contributed by atoms with Gasteiger partial charge in [0.25, 0.3) is 0 Å². The summed E-state index contributed by atoms with van der Waals surface area (Å²) >= 11 is 3.43. The van der Waals surface area contributed by atoms with E-state index in [0.717, 1.165) is 42.4 Å². The topological polar surface area (TPSA) is 58.6 Å². The van der Waals surface area contributed by atoms with Crippen molar-refractivity contribution in [2.75, 3.05) is 26.2 Å². The molecule has 5 nitrogen and oxygen atoms in total. The average Bonchev–Trinajstić information content (AvgIpc) is 3.14. The van der Waals surface area contributed by atoms with E-state index in [9.17, 15) is 8.42 Å². The second-order valence-electron chi connectivity index (χ2n) is 5.75. The molecule has 0 amide bonds. The maximum atomic E-state index is 13.2. The second kappa shape index (κ2) is 6.47. The zero-order chi connectivity index (χ0) is 15.7. The first kappa shape index (κ1) is 16.2. The second-order valence-corrected chi connectivity index (χ2v) is 8.53. The lowest BCUT2D eigenvalue weighted by Gasteiger charge is -2.28. The predicted octanol–water partition coefficient (Wildman–Crippen LogP) is 2.15. The molecule has 0 saturated carbocycles. The highest BCUT2D eigenvalue weighted by Gasteiger charge is 2.36. The minimum absolute atomic E-state index is 0.0287. The van der Waals surface area contributed by atoms with E-state index in [0.29, 0.717) is 23.8 Å². The van der Waals surface area contributed by atoms with Gasteiger partial charge in [0.2, 0.25) is 10.0 Å². The highest BCUT2D eigenvalue weighted by atomic mass is 79.9. The number of hydrogen-bond acceptors (Lipinski definition) is 4. The molecule has 1 saturated heterocycles. The van der Waals surface area contributed by atoms with Crippen molar-refractivity contribution in [1.29, 1.82) is 0 Å². The molecule has 2 heterocycles. The van der Waals surface area contributed by atoms with Crippen molar-refractivity contribution in [2.45, 2.75) is 37.1 Å². The molecule has 2 aliphatic heterocycles. The standard InChI is InChI=1S/C15H21BrN2O3S/c1-2-6-18(13-3-5-17-10-13)22(19,20)14-9-12(16)8-11-4-7-21-15(11)14/h8-9,13,17H,2-7,10H2,1H3. The minimum Gasteiger partial charge on any atom is -0.492 e. The van der Waals surface area contributed by atoms with Gasteiger partial charge in [0.05, 0.1) is 6.61 Å². The molecule has 2 aliphatic rings. The number of nitrogens with zero attached hydrogens (tertiary/aromatic N) is 1. The van der Waals surface area contributed by atoms with Gasteiger partial charge in [-0.15, -0.1) is 0 Å². The van der Waals surface area contributed by atoms with Gasteiger partial charge in [-0.25, -0.2) is 8.42 Å². The van der Waals surface area contributed by atoms with Crippen LogP contribution in [0.3, 0.4) is 0 Å². The molecule has 0 aromatic heterocycles. The Morgan fingerprint density at radius 3 is 2.95 bits per heavy atom. The normalized spacial score (nSPS) is 21.1. The molecular weight excluding hydrogens is 368 g/mol. The van der Waals surface area contributed by atoms with Gasteiger partial charge < -0.3 is 10.1 Å². The van der Waals surface area contributed by atoms with Crippen LogP contribution in [0.5, 0.6) is 5.75 Å². The predicted molar refractivity (Wildman–Crippen MR) is 88.8 cm³/mol. The fraction of sp³-hybridized carbons (Fsp3) is 0.600. The van der Waals surface area contributed by atoms with Crippen LogP contribution < -0.4 is 10.1 Å². The van der Waals surface area contributed by atoms with Crippen LogP contribution in [0.1, 0.15) is 25.3 Å². The Bertz CT molecular complexity index is 657. The third kappa shape index (κ3) is 2.91. The van der Waals surface area contributed by atoms with Gasteiger partial charge >= 0.3 is 0 Å². The number of halogens is 1. The van der Waals surface area contributed by atoms with Crippen LogP contribution in [-0.2, 0) is 16.4 Å². The minimum atomic E-state index is -3.56. The van der Waals surface area contributed by atoms with Gasteiger partial charge in [-0.2, -0.15) is 4.31 Å². The SMILES string of the molecule is CCCN(C1CCNC1)S(=O)(=O)c1cc(Br)cc2c1OCC2. The third-order valence-corrected chi connectivity index (χ3v) is 6.60. The molecule has 1 fully saturated rings. The monoisotopic (exact) mass is 388 g/mol. The molecule has 1 atom stereocenters. The largest absolute Gasteiger partial charge is 0.492 e. The molecule has 0 aliphatic carbocycles. The van der Waals surface area contributed by atoms with Crippen molar-refractivity contribution < 1.29 is 13.2 Å². The van der Waals surface area contributed by atoms with Gasteiger partial charge in [0.15, 0.2) is 0 Å². The lowest BCUT2D eigenvalue weighted by molar-refractivity contribution is 0.326. The average molecular weight is 389 g/mol. The van der Waals surface area contributed by atoms with Crippen molar-refractivity contribution in [3.8, 4) is 5.75 Å². The van der Waals surface area contributed by atoms with E-state index in [-0.39, 0.29) is 6.04 Å². The van der Waals surface area contributed by atoms with Crippen LogP contribution in [-0.4, -0.2) is 45.0 Å². The highest BCUT2D eigenvalue weighted by molar-refractivity contribution is 9.10. The number of ether oxygens (including phenoxy) is 1. The van der Waals surface area contributed by atoms with Crippen LogP contribution in [0.4, 0.5) is 0 Å². The van der Waals surface area contributed by atoms with Crippen LogP contribution in [0.15, 0.2) is 21.5 Å². The third-order valence-electron chi connectivity index (χ3n) is 4.19. The van der Waals surface area contributed by atoms with Gasteiger partial charge in [0.1, 0.15) is 10.6 Å². The van der Waals surface area contributed by atoms with Crippen molar-refractivity contribution in [1.82, 2.24) is 9.62 Å². The summed E-state index contributed by atoms with van der Waals surface area (Å²) in [5.74, 6) is 0.537. The van der Waals surface area contributed by atoms with Gasteiger partial charge in [-0.3, -0.25) is 0 Å². The Morgan fingerprint density at radius 1 is 1.45 bits per heavy atom. The fourth-order valence-electron chi connectivity index (χ4n) is 3.16. The van der Waals surface area contributed by atoms with E-state index in [1.807, 2.05) is 13.0 Å². The highest BCUT2D eigenvalue weighted by Crippen LogP contribution is 2.38. The zero-order valence-corrected chi connectivity index (χ0v) is 15.0. The number of hydrogen-bond donors (Lipinski definition) is 1. The number of benzene rings is 1. The molecule has 0 bridgehead atoms. The van der Waals surface area contributed by atoms with Crippen LogP contribution in [0, 0.1) is 0 Å². The first-order chi connectivity index (χ1) is 10.5. The Morgan fingerprint density at radius 2 is 2.27 bits per heavy atom. The molecule has 1 N–H and O–H groups in total. The Kier molecular flexibility index (Phi) is 4.77. The van der Waals surface area contributed by atoms with Crippen LogP contribution >= 0.6 is 15.9 Å². The van der Waals surface area contributed by atoms with Gasteiger partial charge in [0, 0.05) is 35.6 Å². The molecule has 7 heteroatoms. The number of sulfonamides is 1. The zero-order valence-electron chi connectivity index (χ0n) is 12.6. The molecule has 0 radical (unpaired) electrons. The molecule has 3 rings (SSSR count). The Balaban J connectivity index is 2.04. The van der Waals surface area contributed by atoms with E-state index in [2.05, 4.69) is 21.2 Å². The van der Waals surface area contributed by atoms with Gasteiger partial charge in [-0.1, -0.05) is 22.9 Å². The lowest BCUT2D eigenvalue weighted by atomic mass is 10.2. The molecular formula is C15H21BrN2O3S. The van der Waals surface area contributed by atoms with Crippen molar-refractivity contribution in [2.24, 2.45) is 0 Å². The molecule has 0 spiro atoms. The van der Waals surface area contributed by atoms with Crippen molar-refractivity contribution in [3.05, 3.63) is 22.2 Å². The van der Waals surface area contributed by atoms with Crippen molar-refractivity contribution in [3.63, 3.8) is 0 Å². The molecule has 122 valence electrons. The maximum Gasteiger partial charge on any atom is 0.247 e. The quantitative estimate of drug-likeness (QED) is 0.839. The summed E-state index contributed by atoms with van der Waals surface area (Å²) in [5.41, 5.74) is 0.967. The molecule has 1 aromatic rings. The number of rotatable bonds is 5. The molecule has 22 heavy (non-hydrogen) atoms. The summed E-state index contributed by atoms with van der Waals surface area (Å²) in [7, 11) is -3.56. The van der Waals surface area contributed by atoms with E-state index < -0.39 is 10.0 Å². The summed E-state index contributed by atoms with van der Waals surface area (Å²) in [6, 6.07) is 3.65. The summed E-state index contributed by atoms with van der Waals surface area (Å²) < 4.78 is 34.5. The molecule has 1 aromatic carbocycles. The fourth-order valence-corrected chi connectivity index (χ4v) is 5.76. The van der Waals surface area contributed by atoms with E-state index >= 15 is 0 Å². The maximum absolute atomic E-state index is 13.2. The Labute approximate surface area is 140 Å². The number of fused-ring (bicyclic) bond motifs is 1. The van der Waals surface area contributed by atoms with Crippen LogP contribution in [0.25, 0.3) is 0 Å². The summed E-state index contributed by atoms with van der Waals surface area (Å²) in [6.45, 7) is 4.68. The first-order valence-electron chi connectivity index (χ1n) is 7.72. The van der Waals surface area contributed by atoms with Crippen LogP contribution in [0.2, 0.25) is 0 Å². The lowest BCUT2D eigenvalue weighted by Crippen LogP contribution is -2.42. The van der Waals surface area contributed by atoms with E-state index in [4.69, 9.17) is 4.74 Å².